The average Bonchev–Trinajstić information content (AvgIpc) is 3.73. The van der Waals surface area contributed by atoms with Gasteiger partial charge in [-0.25, -0.2) is 13.2 Å². The number of benzene rings is 1. The number of carbonyl (C=O) groups excluding carboxylic acids is 6. The molecule has 0 spiro atoms. The van der Waals surface area contributed by atoms with Crippen LogP contribution in [-0.4, -0.2) is 97.2 Å². The molecule has 1 aromatic carbocycles. The summed E-state index contributed by atoms with van der Waals surface area (Å²) in [5.41, 5.74) is -0.972. The van der Waals surface area contributed by atoms with E-state index in [1.807, 2.05) is 6.07 Å². The minimum Gasteiger partial charge on any atom is -0.460 e. The molecular formula is C36H52N4O11S. The van der Waals surface area contributed by atoms with Gasteiger partial charge in [0, 0.05) is 18.2 Å². The number of hydrogen-bond acceptors (Lipinski definition) is 11. The van der Waals surface area contributed by atoms with Crippen LogP contribution in [0.15, 0.2) is 41.8 Å². The summed E-state index contributed by atoms with van der Waals surface area (Å²) in [5.74, 6) is -3.60. The largest absolute Gasteiger partial charge is 0.460 e. The third-order valence-corrected chi connectivity index (χ3v) is 8.45. The minimum absolute atomic E-state index is 0.0856. The van der Waals surface area contributed by atoms with Crippen molar-refractivity contribution in [2.75, 3.05) is 12.8 Å². The van der Waals surface area contributed by atoms with Crippen molar-refractivity contribution in [1.82, 2.24) is 20.9 Å². The molecule has 1 saturated heterocycles. The lowest BCUT2D eigenvalue weighted by atomic mass is 10.1. The molecule has 15 nitrogen and oxygen atoms in total. The average molecular weight is 749 g/mol. The highest BCUT2D eigenvalue weighted by Crippen LogP contribution is 2.35. The topological polar surface area (TPSA) is 204 Å². The van der Waals surface area contributed by atoms with E-state index < -0.39 is 87.4 Å². The molecule has 0 aromatic heterocycles. The zero-order valence-corrected chi connectivity index (χ0v) is 31.7. The van der Waals surface area contributed by atoms with E-state index in [2.05, 4.69) is 16.0 Å². The van der Waals surface area contributed by atoms with Crippen LogP contribution in [0.25, 0.3) is 0 Å². The lowest BCUT2D eigenvalue weighted by Crippen LogP contribution is -2.58. The Morgan fingerprint density at radius 1 is 0.865 bits per heavy atom. The predicted molar refractivity (Wildman–Crippen MR) is 190 cm³/mol. The number of nitrogens with zero attached hydrogens (tertiary/aromatic N) is 1. The molecule has 4 amide bonds. The van der Waals surface area contributed by atoms with E-state index in [9.17, 15) is 37.2 Å². The maximum atomic E-state index is 14.0. The highest BCUT2D eigenvalue weighted by molar-refractivity contribution is 7.93. The lowest BCUT2D eigenvalue weighted by Gasteiger charge is -2.30. The molecule has 4 atom stereocenters. The Balaban J connectivity index is 1.75. The summed E-state index contributed by atoms with van der Waals surface area (Å²) in [6.07, 6.45) is 2.33. The molecule has 2 aliphatic rings. The zero-order chi connectivity index (χ0) is 38.9. The summed E-state index contributed by atoms with van der Waals surface area (Å²) in [6.45, 7) is 10.1. The number of sulfone groups is 1. The number of hydrogen-bond donors (Lipinski definition) is 3. The van der Waals surface area contributed by atoms with Gasteiger partial charge in [0.2, 0.25) is 17.7 Å². The molecule has 52 heavy (non-hydrogen) atoms. The molecule has 1 heterocycles. The Morgan fingerprint density at radius 3 is 2.02 bits per heavy atom. The van der Waals surface area contributed by atoms with Gasteiger partial charge >= 0.3 is 18.0 Å². The molecule has 1 unspecified atom stereocenters. The standard InChI is InChI=1S/C36H52N4O11S/c1-35(2,3)50-28(41)20-25(17-19-52(7,47)48)37-32(44)27-14-11-18-40(27)33(45)30(24-15-16-24)39-31(43)26(21-29(42)51-36(4,5)6)38-34(46)49-22-23-12-9-8-10-13-23/h8-10,12-13,17,19,24-27,30H,11,14-16,18,20-22H2,1-7H3,(H,37,44)(H,38,46)(H,39,43)/b19-17+/t25-,26+,27-,30?/m1/s1. The highest BCUT2D eigenvalue weighted by atomic mass is 32.2. The molecule has 1 saturated carbocycles. The van der Waals surface area contributed by atoms with Crippen LogP contribution in [-0.2, 0) is 54.6 Å². The minimum atomic E-state index is -3.59. The van der Waals surface area contributed by atoms with Crippen LogP contribution in [0.5, 0.6) is 0 Å². The van der Waals surface area contributed by atoms with E-state index in [0.29, 0.717) is 24.8 Å². The van der Waals surface area contributed by atoms with Gasteiger partial charge < -0.3 is 35.1 Å². The van der Waals surface area contributed by atoms with E-state index in [0.717, 1.165) is 11.7 Å². The van der Waals surface area contributed by atoms with E-state index in [1.165, 1.54) is 11.0 Å². The van der Waals surface area contributed by atoms with E-state index in [4.69, 9.17) is 14.2 Å². The van der Waals surface area contributed by atoms with Crippen molar-refractivity contribution in [3.63, 3.8) is 0 Å². The number of alkyl carbamates (subject to hydrolysis) is 1. The predicted octanol–water partition coefficient (Wildman–Crippen LogP) is 2.67. The monoisotopic (exact) mass is 748 g/mol. The van der Waals surface area contributed by atoms with Crippen molar-refractivity contribution in [3.05, 3.63) is 47.4 Å². The van der Waals surface area contributed by atoms with Crippen molar-refractivity contribution in [3.8, 4) is 0 Å². The Morgan fingerprint density at radius 2 is 1.46 bits per heavy atom. The van der Waals surface area contributed by atoms with Gasteiger partial charge in [-0.1, -0.05) is 36.4 Å². The first-order valence-electron chi connectivity index (χ1n) is 17.3. The highest BCUT2D eigenvalue weighted by Gasteiger charge is 2.45. The van der Waals surface area contributed by atoms with Crippen LogP contribution in [0.1, 0.15) is 85.6 Å². The molecule has 16 heteroatoms. The fraction of sp³-hybridized carbons (Fsp3) is 0.611. The second-order valence-corrected chi connectivity index (χ2v) is 17.1. The number of rotatable bonds is 15. The van der Waals surface area contributed by atoms with Gasteiger partial charge in [-0.05, 0) is 78.7 Å². The molecule has 1 aliphatic heterocycles. The summed E-state index contributed by atoms with van der Waals surface area (Å²) in [5, 5.41) is 8.70. The van der Waals surface area contributed by atoms with Crippen LogP contribution in [0, 0.1) is 5.92 Å². The first kappa shape index (κ1) is 41.9. The Labute approximate surface area is 305 Å². The molecule has 0 bridgehead atoms. The quantitative estimate of drug-likeness (QED) is 0.176. The summed E-state index contributed by atoms with van der Waals surface area (Å²) in [6, 6.07) is 4.34. The number of carbonyl (C=O) groups is 6. The van der Waals surface area contributed by atoms with Gasteiger partial charge in [0.25, 0.3) is 0 Å². The summed E-state index contributed by atoms with van der Waals surface area (Å²) >= 11 is 0. The van der Waals surface area contributed by atoms with E-state index in [-0.39, 0.29) is 31.9 Å². The van der Waals surface area contributed by atoms with Gasteiger partial charge in [-0.3, -0.25) is 24.0 Å². The molecule has 3 N–H and O–H groups in total. The number of ether oxygens (including phenoxy) is 3. The normalized spacial score (nSPS) is 18.1. The first-order valence-corrected chi connectivity index (χ1v) is 19.3. The van der Waals surface area contributed by atoms with Crippen LogP contribution in [0.3, 0.4) is 0 Å². The fourth-order valence-electron chi connectivity index (χ4n) is 5.46. The van der Waals surface area contributed by atoms with E-state index in [1.54, 1.807) is 65.8 Å². The van der Waals surface area contributed by atoms with Crippen LogP contribution in [0.2, 0.25) is 0 Å². The van der Waals surface area contributed by atoms with E-state index >= 15 is 0 Å². The smallest absolute Gasteiger partial charge is 0.408 e. The molecule has 1 aliphatic carbocycles. The molecule has 2 fully saturated rings. The van der Waals surface area contributed by atoms with Gasteiger partial charge in [-0.15, -0.1) is 0 Å². The van der Waals surface area contributed by atoms with Crippen molar-refractivity contribution in [2.45, 2.75) is 122 Å². The van der Waals surface area contributed by atoms with Crippen LogP contribution >= 0.6 is 0 Å². The van der Waals surface area contributed by atoms with Crippen molar-refractivity contribution in [1.29, 1.82) is 0 Å². The fourth-order valence-corrected chi connectivity index (χ4v) is 5.93. The van der Waals surface area contributed by atoms with Crippen molar-refractivity contribution < 1.29 is 51.4 Å². The second-order valence-electron chi connectivity index (χ2n) is 15.1. The third kappa shape index (κ3) is 15.0. The van der Waals surface area contributed by atoms with Gasteiger partial charge in [-0.2, -0.15) is 0 Å². The Kier molecular flexibility index (Phi) is 14.4. The third-order valence-electron chi connectivity index (χ3n) is 7.80. The lowest BCUT2D eigenvalue weighted by molar-refractivity contribution is -0.157. The van der Waals surface area contributed by atoms with Crippen LogP contribution in [0.4, 0.5) is 4.79 Å². The second kappa shape index (κ2) is 17.8. The summed E-state index contributed by atoms with van der Waals surface area (Å²) < 4.78 is 39.7. The number of amides is 4. The summed E-state index contributed by atoms with van der Waals surface area (Å²) in [4.78, 5) is 80.8. The Bertz CT molecular complexity index is 1600. The molecule has 3 rings (SSSR count). The SMILES string of the molecule is CC(C)(C)OC(=O)C[C@@H](/C=C/S(C)(=O)=O)NC(=O)[C@H]1CCCN1C(=O)C(NC(=O)[C@H](CC(=O)OC(C)(C)C)NC(=O)OCc1ccccc1)C1CC1. The van der Waals surface area contributed by atoms with Gasteiger partial charge in [0.05, 0.1) is 18.9 Å². The molecule has 288 valence electrons. The number of nitrogens with one attached hydrogen (secondary N) is 3. The number of likely N-dealkylation sites (tertiary alicyclic amines) is 1. The molecule has 1 aromatic rings. The number of esters is 2. The van der Waals surface area contributed by atoms with Gasteiger partial charge in [0.15, 0.2) is 9.84 Å². The molecule has 0 radical (unpaired) electrons. The maximum Gasteiger partial charge on any atom is 0.408 e. The van der Waals surface area contributed by atoms with Gasteiger partial charge in [0.1, 0.15) is 35.9 Å². The van der Waals surface area contributed by atoms with Crippen LogP contribution < -0.4 is 16.0 Å². The van der Waals surface area contributed by atoms with Crippen molar-refractivity contribution >= 4 is 45.6 Å². The maximum absolute atomic E-state index is 14.0. The first-order chi connectivity index (χ1) is 24.1. The molecular weight excluding hydrogens is 696 g/mol. The van der Waals surface area contributed by atoms with Crippen molar-refractivity contribution in [2.24, 2.45) is 5.92 Å². The zero-order valence-electron chi connectivity index (χ0n) is 30.9. The summed E-state index contributed by atoms with van der Waals surface area (Å²) in [7, 11) is -3.59. The Hall–Kier alpha value is -4.47.